The predicted molar refractivity (Wildman–Crippen MR) is 53.7 cm³/mol. The Morgan fingerprint density at radius 2 is 0.688 bits per heavy atom. The van der Waals surface area contributed by atoms with Crippen LogP contribution in [-0.2, 0) is 30.9 Å². The molecule has 0 amide bonds. The van der Waals surface area contributed by atoms with Crippen molar-refractivity contribution in [2.24, 2.45) is 0 Å². The summed E-state index contributed by atoms with van der Waals surface area (Å²) in [7, 11) is -17.5. The summed E-state index contributed by atoms with van der Waals surface area (Å²) >= 11 is 0. The maximum atomic E-state index is 10.0. The summed E-state index contributed by atoms with van der Waals surface area (Å²) in [5.74, 6) is 0. The molecule has 0 aliphatic carbocycles. The molecule has 3 N–H and O–H groups in total. The molecule has 0 unspecified atom stereocenters. The summed E-state index contributed by atoms with van der Waals surface area (Å²) in [6, 6.07) is 0. The Balaban J connectivity index is -0.000000240. The van der Waals surface area contributed by atoms with Crippen molar-refractivity contribution in [1.29, 1.82) is 0 Å². The van der Waals surface area contributed by atoms with Crippen LogP contribution in [0.3, 0.4) is 0 Å². The van der Waals surface area contributed by atoms with Crippen LogP contribution in [-0.4, -0.2) is 196 Å². The smallest absolute Gasteiger partial charge is 0.272 e. The fourth-order valence-corrected chi connectivity index (χ4v) is 3.21. The van der Waals surface area contributed by atoms with Crippen LogP contribution in [0.25, 0.3) is 0 Å². The minimum Gasteiger partial charge on any atom is -0.272 e. The van der Waals surface area contributed by atoms with Gasteiger partial charge in [0, 0.05) is 154 Å². The molecule has 0 heterocycles. The minimum absolute atomic E-state index is 0. The molecular formula is H3K3NO9S3. The van der Waals surface area contributed by atoms with Gasteiger partial charge in [0.15, 0.2) is 0 Å². The summed E-state index contributed by atoms with van der Waals surface area (Å²) in [5, 5.41) is 0. The van der Waals surface area contributed by atoms with Gasteiger partial charge >= 0.3 is 30.9 Å². The Kier molecular flexibility index (Phi) is 18.6. The second-order valence-corrected chi connectivity index (χ2v) is 6.04. The fraction of sp³-hybridized carbons (Fsp3) is 0. The second-order valence-electron chi connectivity index (χ2n) is 1.57. The third-order valence-corrected chi connectivity index (χ3v) is 5.09. The molecule has 0 rings (SSSR count). The molecule has 0 aromatic rings. The topological polar surface area (TPSA) is 166 Å². The zero-order valence-corrected chi connectivity index (χ0v) is 20.3. The molecule has 0 aliphatic rings. The van der Waals surface area contributed by atoms with Crippen molar-refractivity contribution in [3.63, 3.8) is 0 Å². The Hall–Kier alpha value is 4.60. The molecule has 0 saturated carbocycles. The van der Waals surface area contributed by atoms with Gasteiger partial charge in [0.25, 0.3) is 0 Å². The number of nitrogens with zero attached hydrogens (tertiary/aromatic N) is 1. The van der Waals surface area contributed by atoms with Crippen LogP contribution in [0.1, 0.15) is 0 Å². The summed E-state index contributed by atoms with van der Waals surface area (Å²) in [5.41, 5.74) is 0. The van der Waals surface area contributed by atoms with Crippen LogP contribution >= 0.6 is 0 Å². The van der Waals surface area contributed by atoms with Gasteiger partial charge in [-0.25, -0.2) is 0 Å². The standard InChI is InChI=1S/3K.H3NO9S3/c;;;2-11(3,4)1(12(5,6)7)13(8,9)10/h;;;(H,2,3,4)(H,5,6,7)(H,8,9,10). The zero-order valence-electron chi connectivity index (χ0n) is 8.46. The third-order valence-electron chi connectivity index (χ3n) is 0.565. The molecule has 0 aromatic heterocycles. The van der Waals surface area contributed by atoms with Gasteiger partial charge in [0.2, 0.25) is 0 Å². The molecule has 0 bridgehead atoms. The molecular weight excluding hydrogens is 371 g/mol. The molecule has 83 valence electrons. The van der Waals surface area contributed by atoms with Crippen LogP contribution < -0.4 is 0 Å². The van der Waals surface area contributed by atoms with Crippen LogP contribution in [0.5, 0.6) is 0 Å². The first-order chi connectivity index (χ1) is 5.37. The normalized spacial score (nSPS) is 12.0. The van der Waals surface area contributed by atoms with E-state index >= 15 is 0 Å². The van der Waals surface area contributed by atoms with E-state index in [1.807, 2.05) is 0 Å². The van der Waals surface area contributed by atoms with Crippen molar-refractivity contribution >= 4 is 185 Å². The molecule has 16 heavy (non-hydrogen) atoms. The van der Waals surface area contributed by atoms with E-state index in [4.69, 9.17) is 13.7 Å². The Bertz CT molecular complexity index is 408. The Labute approximate surface area is 220 Å². The summed E-state index contributed by atoms with van der Waals surface area (Å²) in [4.78, 5) is 0. The monoisotopic (exact) mass is 374 g/mol. The average Bonchev–Trinajstić information content (AvgIpc) is 1.44. The van der Waals surface area contributed by atoms with Crippen LogP contribution in [0.4, 0.5) is 0 Å². The molecule has 0 atom stereocenters. The quantitative estimate of drug-likeness (QED) is 0.336. The molecule has 0 spiro atoms. The van der Waals surface area contributed by atoms with Crippen molar-refractivity contribution in [1.82, 2.24) is 3.12 Å². The Morgan fingerprint density at radius 3 is 0.688 bits per heavy atom. The maximum Gasteiger partial charge on any atom is 0.366 e. The Morgan fingerprint density at radius 1 is 0.562 bits per heavy atom. The van der Waals surface area contributed by atoms with Gasteiger partial charge in [-0.3, -0.25) is 13.7 Å². The first-order valence-electron chi connectivity index (χ1n) is 2.10. The van der Waals surface area contributed by atoms with Gasteiger partial charge in [-0.05, 0) is 0 Å². The zero-order chi connectivity index (χ0) is 11.1. The van der Waals surface area contributed by atoms with E-state index in [0.717, 1.165) is 0 Å². The number of rotatable bonds is 3. The summed E-state index contributed by atoms with van der Waals surface area (Å²) < 4.78 is 82.2. The molecule has 0 aliphatic heterocycles. The minimum atomic E-state index is -5.82. The van der Waals surface area contributed by atoms with Crippen molar-refractivity contribution in [3.8, 4) is 0 Å². The SMILES string of the molecule is O=S(=O)(O)N(S(=O)(=O)O)S(=O)(=O)O.[K].[K].[K]. The van der Waals surface area contributed by atoms with Crippen molar-refractivity contribution in [2.75, 3.05) is 0 Å². The van der Waals surface area contributed by atoms with Gasteiger partial charge in [-0.15, -0.1) is 0 Å². The van der Waals surface area contributed by atoms with Gasteiger partial charge in [-0.2, -0.15) is 25.3 Å². The van der Waals surface area contributed by atoms with Gasteiger partial charge in [0.05, 0.1) is 3.12 Å². The second kappa shape index (κ2) is 10.3. The summed E-state index contributed by atoms with van der Waals surface area (Å²) in [6.45, 7) is 0. The van der Waals surface area contributed by atoms with E-state index < -0.39 is 34.0 Å². The molecule has 16 heteroatoms. The molecule has 10 nitrogen and oxygen atoms in total. The molecule has 3 radical (unpaired) electrons. The summed E-state index contributed by atoms with van der Waals surface area (Å²) in [6.07, 6.45) is 0. The molecule has 0 aromatic carbocycles. The molecule has 0 saturated heterocycles. The number of hydrogen-bond acceptors (Lipinski definition) is 6. The van der Waals surface area contributed by atoms with Crippen molar-refractivity contribution in [2.45, 2.75) is 0 Å². The van der Waals surface area contributed by atoms with Crippen LogP contribution in [0.15, 0.2) is 0 Å². The van der Waals surface area contributed by atoms with E-state index in [1.165, 1.54) is 0 Å². The fourth-order valence-electron chi connectivity index (χ4n) is 0.357. The van der Waals surface area contributed by atoms with Gasteiger partial charge in [0.1, 0.15) is 0 Å². The maximum absolute atomic E-state index is 10.0. The van der Waals surface area contributed by atoms with E-state index in [0.29, 0.717) is 0 Å². The molecule has 0 fully saturated rings. The largest absolute Gasteiger partial charge is 0.366 e. The van der Waals surface area contributed by atoms with Crippen molar-refractivity contribution < 1.29 is 38.9 Å². The van der Waals surface area contributed by atoms with E-state index in [2.05, 4.69) is 0 Å². The average molecular weight is 375 g/mol. The van der Waals surface area contributed by atoms with E-state index in [-0.39, 0.29) is 154 Å². The van der Waals surface area contributed by atoms with E-state index in [1.54, 1.807) is 0 Å². The third kappa shape index (κ3) is 11.3. The predicted octanol–water partition coefficient (Wildman–Crippen LogP) is -3.45. The van der Waals surface area contributed by atoms with Crippen LogP contribution in [0.2, 0.25) is 0 Å². The van der Waals surface area contributed by atoms with Crippen molar-refractivity contribution in [3.05, 3.63) is 0 Å². The van der Waals surface area contributed by atoms with Gasteiger partial charge in [-0.1, -0.05) is 0 Å². The first-order valence-corrected chi connectivity index (χ1v) is 6.29. The van der Waals surface area contributed by atoms with Gasteiger partial charge < -0.3 is 0 Å². The van der Waals surface area contributed by atoms with Crippen LogP contribution in [0, 0.1) is 0 Å². The van der Waals surface area contributed by atoms with E-state index in [9.17, 15) is 25.3 Å². The first kappa shape index (κ1) is 28.7. The number of hydrogen-bond donors (Lipinski definition) is 3.